The van der Waals surface area contributed by atoms with Crippen molar-refractivity contribution in [3.8, 4) is 0 Å². The zero-order valence-corrected chi connectivity index (χ0v) is 12.0. The number of hydrogen-bond donors (Lipinski definition) is 1. The summed E-state index contributed by atoms with van der Waals surface area (Å²) in [5, 5.41) is 3.00. The maximum absolute atomic E-state index is 12.3. The van der Waals surface area contributed by atoms with E-state index in [0.29, 0.717) is 12.5 Å². The Morgan fingerprint density at radius 1 is 1.26 bits per heavy atom. The quantitative estimate of drug-likeness (QED) is 0.888. The van der Waals surface area contributed by atoms with E-state index in [4.69, 9.17) is 0 Å². The summed E-state index contributed by atoms with van der Waals surface area (Å²) in [5.74, 6) is 0.467. The molecule has 1 aliphatic heterocycles. The van der Waals surface area contributed by atoms with E-state index < -0.39 is 0 Å². The van der Waals surface area contributed by atoms with Gasteiger partial charge < -0.3 is 10.2 Å². The van der Waals surface area contributed by atoms with Crippen molar-refractivity contribution < 1.29 is 4.79 Å². The molecule has 0 saturated heterocycles. The van der Waals surface area contributed by atoms with E-state index in [0.717, 1.165) is 30.9 Å². The number of hydrogen-bond acceptors (Lipinski definition) is 2. The van der Waals surface area contributed by atoms with Gasteiger partial charge in [0.25, 0.3) is 0 Å². The summed E-state index contributed by atoms with van der Waals surface area (Å²) < 4.78 is 0. The molecule has 1 aromatic carbocycles. The van der Waals surface area contributed by atoms with Crippen molar-refractivity contribution in [1.82, 2.24) is 5.32 Å². The van der Waals surface area contributed by atoms with Crippen LogP contribution < -0.4 is 15.1 Å². The Labute approximate surface area is 115 Å². The largest absolute Gasteiger partial charge is 0.373 e. The van der Waals surface area contributed by atoms with Crippen LogP contribution >= 0.6 is 0 Å². The van der Waals surface area contributed by atoms with E-state index >= 15 is 0 Å². The molecule has 0 bridgehead atoms. The molecule has 1 aromatic rings. The second-order valence-electron chi connectivity index (χ2n) is 5.50. The summed E-state index contributed by atoms with van der Waals surface area (Å²) in [6, 6.07) is 8.11. The summed E-state index contributed by atoms with van der Waals surface area (Å²) in [7, 11) is 2.08. The summed E-state index contributed by atoms with van der Waals surface area (Å²) in [5.41, 5.74) is 2.13. The normalized spacial score (nSPS) is 15.2. The van der Waals surface area contributed by atoms with Crippen molar-refractivity contribution in [3.63, 3.8) is 0 Å². The topological polar surface area (TPSA) is 35.6 Å². The predicted molar refractivity (Wildman–Crippen MR) is 79.9 cm³/mol. The Hall–Kier alpha value is -1.71. The molecule has 0 spiro atoms. The number of urea groups is 1. The van der Waals surface area contributed by atoms with Crippen molar-refractivity contribution in [2.24, 2.45) is 5.92 Å². The highest BCUT2D eigenvalue weighted by atomic mass is 16.2. The van der Waals surface area contributed by atoms with Crippen LogP contribution in [0.5, 0.6) is 0 Å². The van der Waals surface area contributed by atoms with Crippen molar-refractivity contribution >= 4 is 17.4 Å². The maximum atomic E-state index is 12.3. The van der Waals surface area contributed by atoms with Crippen LogP contribution in [0.2, 0.25) is 0 Å². The van der Waals surface area contributed by atoms with Gasteiger partial charge in [-0.1, -0.05) is 26.0 Å². The average Bonchev–Trinajstić information content (AvgIpc) is 2.56. The van der Waals surface area contributed by atoms with E-state index in [9.17, 15) is 4.79 Å². The standard InChI is InChI=1S/C15H23N3O/c1-12(2)11-16-15(19)18-10-6-9-17(3)13-7-4-5-8-14(13)18/h4-5,7-8,12H,6,9-11H2,1-3H3,(H,16,19). The summed E-state index contributed by atoms with van der Waals surface area (Å²) in [6.07, 6.45) is 0.986. The van der Waals surface area contributed by atoms with Crippen LogP contribution in [0.25, 0.3) is 0 Å². The zero-order chi connectivity index (χ0) is 13.8. The molecule has 4 nitrogen and oxygen atoms in total. The number of para-hydroxylation sites is 2. The molecule has 4 heteroatoms. The van der Waals surface area contributed by atoms with E-state index in [1.807, 2.05) is 23.1 Å². The lowest BCUT2D eigenvalue weighted by Crippen LogP contribution is -2.41. The van der Waals surface area contributed by atoms with Crippen LogP contribution in [0.1, 0.15) is 20.3 Å². The number of carbonyl (C=O) groups is 1. The van der Waals surface area contributed by atoms with Crippen molar-refractivity contribution in [3.05, 3.63) is 24.3 Å². The maximum Gasteiger partial charge on any atom is 0.321 e. The molecule has 19 heavy (non-hydrogen) atoms. The molecule has 0 unspecified atom stereocenters. The highest BCUT2D eigenvalue weighted by molar-refractivity contribution is 5.96. The minimum Gasteiger partial charge on any atom is -0.373 e. The molecular weight excluding hydrogens is 238 g/mol. The third-order valence-electron chi connectivity index (χ3n) is 3.37. The van der Waals surface area contributed by atoms with Crippen molar-refractivity contribution in [2.75, 3.05) is 36.5 Å². The first-order valence-corrected chi connectivity index (χ1v) is 6.95. The zero-order valence-electron chi connectivity index (χ0n) is 12.0. The van der Waals surface area contributed by atoms with Gasteiger partial charge in [0.2, 0.25) is 0 Å². The molecule has 104 valence electrons. The number of nitrogens with one attached hydrogen (secondary N) is 1. The number of amides is 2. The number of carbonyl (C=O) groups excluding carboxylic acids is 1. The SMILES string of the molecule is CC(C)CNC(=O)N1CCCN(C)c2ccccc21. The van der Waals surface area contributed by atoms with E-state index in [1.165, 1.54) is 0 Å². The molecule has 0 aliphatic carbocycles. The molecule has 1 aliphatic rings. The molecule has 2 rings (SSSR count). The lowest BCUT2D eigenvalue weighted by atomic mass is 10.2. The van der Waals surface area contributed by atoms with Crippen LogP contribution in [0.4, 0.5) is 16.2 Å². The number of benzene rings is 1. The van der Waals surface area contributed by atoms with Crippen molar-refractivity contribution in [1.29, 1.82) is 0 Å². The number of rotatable bonds is 2. The van der Waals surface area contributed by atoms with Crippen molar-refractivity contribution in [2.45, 2.75) is 20.3 Å². The molecular formula is C15H23N3O. The Morgan fingerprint density at radius 3 is 2.63 bits per heavy atom. The number of anilines is 2. The van der Waals surface area contributed by atoms with Gasteiger partial charge in [0, 0.05) is 26.7 Å². The first kappa shape index (κ1) is 13.7. The minimum atomic E-state index is 0.0106. The molecule has 1 heterocycles. The number of fused-ring (bicyclic) bond motifs is 1. The fourth-order valence-corrected chi connectivity index (χ4v) is 2.32. The highest BCUT2D eigenvalue weighted by Crippen LogP contribution is 2.31. The summed E-state index contributed by atoms with van der Waals surface area (Å²) in [4.78, 5) is 16.4. The van der Waals surface area contributed by atoms with Gasteiger partial charge >= 0.3 is 6.03 Å². The molecule has 0 saturated carbocycles. The predicted octanol–water partition coefficient (Wildman–Crippen LogP) is 2.70. The molecule has 0 fully saturated rings. The Bertz CT molecular complexity index is 445. The fourth-order valence-electron chi connectivity index (χ4n) is 2.32. The highest BCUT2D eigenvalue weighted by Gasteiger charge is 2.22. The molecule has 0 radical (unpaired) electrons. The van der Waals surface area contributed by atoms with Gasteiger partial charge in [0.15, 0.2) is 0 Å². The Morgan fingerprint density at radius 2 is 1.95 bits per heavy atom. The first-order valence-electron chi connectivity index (χ1n) is 6.95. The molecule has 0 atom stereocenters. The van der Waals surface area contributed by atoms with Gasteiger partial charge in [0.1, 0.15) is 0 Å². The van der Waals surface area contributed by atoms with Gasteiger partial charge in [-0.3, -0.25) is 4.90 Å². The van der Waals surface area contributed by atoms with Gasteiger partial charge in [-0.25, -0.2) is 4.79 Å². The monoisotopic (exact) mass is 261 g/mol. The molecule has 1 N–H and O–H groups in total. The van der Waals surface area contributed by atoms with Gasteiger partial charge in [-0.15, -0.1) is 0 Å². The van der Waals surface area contributed by atoms with Crippen LogP contribution in [-0.4, -0.2) is 32.7 Å². The van der Waals surface area contributed by atoms with Crippen LogP contribution in [0, 0.1) is 5.92 Å². The Balaban J connectivity index is 2.21. The lowest BCUT2D eigenvalue weighted by Gasteiger charge is -2.24. The summed E-state index contributed by atoms with van der Waals surface area (Å²) in [6.45, 7) is 6.67. The fraction of sp³-hybridized carbons (Fsp3) is 0.533. The van der Waals surface area contributed by atoms with E-state index in [1.54, 1.807) is 0 Å². The van der Waals surface area contributed by atoms with Crippen LogP contribution in [0.3, 0.4) is 0 Å². The molecule has 0 aromatic heterocycles. The summed E-state index contributed by atoms with van der Waals surface area (Å²) >= 11 is 0. The van der Waals surface area contributed by atoms with Gasteiger partial charge in [-0.2, -0.15) is 0 Å². The second kappa shape index (κ2) is 5.95. The number of nitrogens with zero attached hydrogens (tertiary/aromatic N) is 2. The van der Waals surface area contributed by atoms with Crippen LogP contribution in [0.15, 0.2) is 24.3 Å². The van der Waals surface area contributed by atoms with Crippen LogP contribution in [-0.2, 0) is 0 Å². The third-order valence-corrected chi connectivity index (χ3v) is 3.37. The first-order chi connectivity index (χ1) is 9.09. The lowest BCUT2D eigenvalue weighted by molar-refractivity contribution is 0.245. The van der Waals surface area contributed by atoms with E-state index in [-0.39, 0.29) is 6.03 Å². The van der Waals surface area contributed by atoms with Gasteiger partial charge in [0.05, 0.1) is 11.4 Å². The Kier molecular flexibility index (Phi) is 4.30. The third kappa shape index (κ3) is 3.19. The van der Waals surface area contributed by atoms with E-state index in [2.05, 4.69) is 37.2 Å². The smallest absolute Gasteiger partial charge is 0.321 e. The second-order valence-corrected chi connectivity index (χ2v) is 5.50. The average molecular weight is 261 g/mol. The minimum absolute atomic E-state index is 0.0106. The molecule has 2 amide bonds. The van der Waals surface area contributed by atoms with Gasteiger partial charge in [-0.05, 0) is 24.5 Å².